The maximum atomic E-state index is 12.8. The molecule has 2 heterocycles. The topological polar surface area (TPSA) is 78.0 Å². The highest BCUT2D eigenvalue weighted by atomic mass is 16.6. The van der Waals surface area contributed by atoms with E-state index in [4.69, 9.17) is 0 Å². The molecule has 4 rings (SSSR count). The van der Waals surface area contributed by atoms with Gasteiger partial charge in [0.1, 0.15) is 5.82 Å². The first-order valence-electron chi connectivity index (χ1n) is 8.01. The maximum absolute atomic E-state index is 12.8. The summed E-state index contributed by atoms with van der Waals surface area (Å²) in [4.78, 5) is 27.9. The molecular formula is C19H15N3O3. The van der Waals surface area contributed by atoms with Crippen LogP contribution in [-0.2, 0) is 0 Å². The highest BCUT2D eigenvalue weighted by molar-refractivity contribution is 5.86. The first-order valence-corrected chi connectivity index (χ1v) is 8.01. The Bertz CT molecular complexity index is 1080. The summed E-state index contributed by atoms with van der Waals surface area (Å²) in [5.41, 5.74) is 2.14. The molecule has 1 unspecified atom stereocenters. The predicted octanol–water partition coefficient (Wildman–Crippen LogP) is 3.81. The second kappa shape index (κ2) is 5.66. The highest BCUT2D eigenvalue weighted by Gasteiger charge is 2.27. The third-order valence-electron chi connectivity index (χ3n) is 4.48. The van der Waals surface area contributed by atoms with E-state index in [1.54, 1.807) is 4.57 Å². The highest BCUT2D eigenvalue weighted by Crippen LogP contribution is 2.34. The SMILES string of the molecule is CC1C/C(=C\c2ccccc2)c2nc3cc([N+](=O)[O-])ccc3c(=O)n21. The van der Waals surface area contributed by atoms with Gasteiger partial charge in [0.25, 0.3) is 11.2 Å². The Morgan fingerprint density at radius 3 is 2.72 bits per heavy atom. The number of non-ortho nitro benzene ring substituents is 1. The molecule has 0 fully saturated rings. The molecule has 0 spiro atoms. The van der Waals surface area contributed by atoms with Crippen molar-refractivity contribution in [3.63, 3.8) is 0 Å². The number of benzene rings is 2. The van der Waals surface area contributed by atoms with Crippen LogP contribution in [0.3, 0.4) is 0 Å². The van der Waals surface area contributed by atoms with Gasteiger partial charge in [0.15, 0.2) is 0 Å². The second-order valence-corrected chi connectivity index (χ2v) is 6.20. The normalized spacial score (nSPS) is 17.8. The van der Waals surface area contributed by atoms with E-state index < -0.39 is 4.92 Å². The van der Waals surface area contributed by atoms with E-state index in [0.717, 1.165) is 11.1 Å². The molecule has 0 amide bonds. The first kappa shape index (κ1) is 15.3. The lowest BCUT2D eigenvalue weighted by atomic mass is 10.1. The van der Waals surface area contributed by atoms with Crippen LogP contribution in [0.15, 0.2) is 53.3 Å². The second-order valence-electron chi connectivity index (χ2n) is 6.20. The first-order chi connectivity index (χ1) is 12.0. The van der Waals surface area contributed by atoms with Gasteiger partial charge in [0.05, 0.1) is 15.8 Å². The van der Waals surface area contributed by atoms with Gasteiger partial charge in [-0.15, -0.1) is 0 Å². The number of aromatic nitrogens is 2. The lowest BCUT2D eigenvalue weighted by Crippen LogP contribution is -2.23. The van der Waals surface area contributed by atoms with Crippen LogP contribution in [0.2, 0.25) is 0 Å². The van der Waals surface area contributed by atoms with E-state index in [1.165, 1.54) is 18.2 Å². The molecule has 0 saturated heterocycles. The molecule has 0 aliphatic carbocycles. The van der Waals surface area contributed by atoms with Gasteiger partial charge in [-0.25, -0.2) is 4.98 Å². The summed E-state index contributed by atoms with van der Waals surface area (Å²) in [5, 5.41) is 11.4. The molecule has 3 aromatic rings. The van der Waals surface area contributed by atoms with Gasteiger partial charge < -0.3 is 0 Å². The minimum Gasteiger partial charge on any atom is -0.289 e. The quantitative estimate of drug-likeness (QED) is 0.528. The van der Waals surface area contributed by atoms with Crippen molar-refractivity contribution in [1.82, 2.24) is 9.55 Å². The summed E-state index contributed by atoms with van der Waals surface area (Å²) in [7, 11) is 0. The third kappa shape index (κ3) is 2.52. The fourth-order valence-corrected chi connectivity index (χ4v) is 3.31. The molecule has 2 aromatic carbocycles. The standard InChI is InChI=1S/C19H15N3O3/c1-12-9-14(10-13-5-3-2-4-6-13)18-20-17-11-15(22(24)25)7-8-16(17)19(23)21(12)18/h2-8,10-12H,9H2,1H3/b14-10+. The van der Waals surface area contributed by atoms with Gasteiger partial charge in [-0.3, -0.25) is 19.5 Å². The van der Waals surface area contributed by atoms with Crippen molar-refractivity contribution in [2.24, 2.45) is 0 Å². The molecule has 1 atom stereocenters. The lowest BCUT2D eigenvalue weighted by Gasteiger charge is -2.09. The van der Waals surface area contributed by atoms with Crippen molar-refractivity contribution in [3.05, 3.63) is 80.4 Å². The van der Waals surface area contributed by atoms with Gasteiger partial charge in [0.2, 0.25) is 0 Å². The molecule has 25 heavy (non-hydrogen) atoms. The summed E-state index contributed by atoms with van der Waals surface area (Å²) in [6.07, 6.45) is 2.72. The van der Waals surface area contributed by atoms with E-state index in [1.807, 2.05) is 43.3 Å². The van der Waals surface area contributed by atoms with Gasteiger partial charge in [-0.05, 0) is 36.6 Å². The van der Waals surface area contributed by atoms with Crippen molar-refractivity contribution < 1.29 is 4.92 Å². The Balaban J connectivity index is 1.95. The number of nitrogens with zero attached hydrogens (tertiary/aromatic N) is 3. The Labute approximate surface area is 143 Å². The van der Waals surface area contributed by atoms with E-state index in [-0.39, 0.29) is 17.3 Å². The van der Waals surface area contributed by atoms with E-state index in [9.17, 15) is 14.9 Å². The van der Waals surface area contributed by atoms with Crippen molar-refractivity contribution in [3.8, 4) is 0 Å². The Morgan fingerprint density at radius 1 is 1.24 bits per heavy atom. The van der Waals surface area contributed by atoms with Crippen LogP contribution >= 0.6 is 0 Å². The molecule has 0 saturated carbocycles. The maximum Gasteiger partial charge on any atom is 0.271 e. The van der Waals surface area contributed by atoms with Crippen LogP contribution in [0, 0.1) is 10.1 Å². The van der Waals surface area contributed by atoms with Crippen molar-refractivity contribution in [2.75, 3.05) is 0 Å². The van der Waals surface area contributed by atoms with Gasteiger partial charge in [0, 0.05) is 18.2 Å². The Kier molecular flexibility index (Phi) is 3.46. The largest absolute Gasteiger partial charge is 0.289 e. The zero-order valence-electron chi connectivity index (χ0n) is 13.5. The molecule has 1 aliphatic rings. The molecule has 0 radical (unpaired) electrons. The van der Waals surface area contributed by atoms with Gasteiger partial charge in [-0.1, -0.05) is 30.3 Å². The molecule has 6 heteroatoms. The number of nitro benzene ring substituents is 1. The minimum absolute atomic E-state index is 0.00422. The van der Waals surface area contributed by atoms with E-state index in [2.05, 4.69) is 4.98 Å². The zero-order chi connectivity index (χ0) is 17.6. The monoisotopic (exact) mass is 333 g/mol. The molecule has 0 bridgehead atoms. The van der Waals surface area contributed by atoms with Crippen LogP contribution in [0.1, 0.15) is 30.8 Å². The lowest BCUT2D eigenvalue weighted by molar-refractivity contribution is -0.384. The number of hydrogen-bond acceptors (Lipinski definition) is 4. The zero-order valence-corrected chi connectivity index (χ0v) is 13.5. The third-order valence-corrected chi connectivity index (χ3v) is 4.48. The Hall–Kier alpha value is -3.28. The molecule has 6 nitrogen and oxygen atoms in total. The summed E-state index contributed by atoms with van der Waals surface area (Å²) in [6.45, 7) is 1.98. The summed E-state index contributed by atoms with van der Waals surface area (Å²) < 4.78 is 1.68. The smallest absolute Gasteiger partial charge is 0.271 e. The van der Waals surface area contributed by atoms with Crippen LogP contribution in [-0.4, -0.2) is 14.5 Å². The van der Waals surface area contributed by atoms with E-state index in [0.29, 0.717) is 23.1 Å². The molecule has 0 N–H and O–H groups in total. The molecule has 1 aromatic heterocycles. The summed E-state index contributed by atoms with van der Waals surface area (Å²) in [5.74, 6) is 0.592. The molecule has 124 valence electrons. The summed E-state index contributed by atoms with van der Waals surface area (Å²) in [6, 6.07) is 14.0. The minimum atomic E-state index is -0.477. The fraction of sp³-hybridized carbons (Fsp3) is 0.158. The van der Waals surface area contributed by atoms with Crippen LogP contribution in [0.4, 0.5) is 5.69 Å². The van der Waals surface area contributed by atoms with Crippen LogP contribution in [0.25, 0.3) is 22.6 Å². The van der Waals surface area contributed by atoms with Crippen molar-refractivity contribution in [1.29, 1.82) is 0 Å². The Morgan fingerprint density at radius 2 is 2.00 bits per heavy atom. The average molecular weight is 333 g/mol. The number of hydrogen-bond donors (Lipinski definition) is 0. The molecule has 1 aliphatic heterocycles. The summed E-state index contributed by atoms with van der Waals surface area (Å²) >= 11 is 0. The predicted molar refractivity (Wildman–Crippen MR) is 96.3 cm³/mol. The molecular weight excluding hydrogens is 318 g/mol. The van der Waals surface area contributed by atoms with E-state index >= 15 is 0 Å². The number of nitro groups is 1. The van der Waals surface area contributed by atoms with Crippen LogP contribution in [0.5, 0.6) is 0 Å². The number of fused-ring (bicyclic) bond motifs is 2. The van der Waals surface area contributed by atoms with Crippen molar-refractivity contribution >= 4 is 28.2 Å². The van der Waals surface area contributed by atoms with Gasteiger partial charge in [-0.2, -0.15) is 0 Å². The number of rotatable bonds is 2. The average Bonchev–Trinajstić information content (AvgIpc) is 2.91. The fourth-order valence-electron chi connectivity index (χ4n) is 3.31. The van der Waals surface area contributed by atoms with Crippen molar-refractivity contribution in [2.45, 2.75) is 19.4 Å². The number of allylic oxidation sites excluding steroid dienone is 1. The van der Waals surface area contributed by atoms with Gasteiger partial charge >= 0.3 is 0 Å². The van der Waals surface area contributed by atoms with Crippen LogP contribution < -0.4 is 5.56 Å².